The third-order valence-electron chi connectivity index (χ3n) is 4.25. The van der Waals surface area contributed by atoms with E-state index in [-0.39, 0.29) is 17.7 Å². The van der Waals surface area contributed by atoms with Crippen LogP contribution in [0.1, 0.15) is 43.0 Å². The summed E-state index contributed by atoms with van der Waals surface area (Å²) >= 11 is 0. The number of benzene rings is 2. The molecule has 2 rings (SSSR count). The third-order valence-corrected chi connectivity index (χ3v) is 4.25. The van der Waals surface area contributed by atoms with E-state index in [0.717, 1.165) is 12.0 Å². The average molecular weight is 352 g/mol. The minimum Gasteiger partial charge on any atom is -0.354 e. The number of amides is 2. The molecular weight excluding hydrogens is 324 g/mol. The molecule has 26 heavy (non-hydrogen) atoms. The lowest BCUT2D eigenvalue weighted by Crippen LogP contribution is -2.41. The van der Waals surface area contributed by atoms with Gasteiger partial charge in [-0.15, -0.1) is 0 Å². The highest BCUT2D eigenvalue weighted by atomic mass is 16.2. The molecule has 0 saturated carbocycles. The lowest BCUT2D eigenvalue weighted by Gasteiger charge is -2.19. The number of nitrogens with one attached hydrogen (secondary N) is 2. The average Bonchev–Trinajstić information content (AvgIpc) is 2.61. The van der Waals surface area contributed by atoms with E-state index in [9.17, 15) is 9.59 Å². The summed E-state index contributed by atoms with van der Waals surface area (Å²) in [5.41, 5.74) is 3.22. The molecule has 0 radical (unpaired) electrons. The number of aryl methyl sites for hydroxylation is 1. The van der Waals surface area contributed by atoms with Gasteiger partial charge in [-0.05, 0) is 36.0 Å². The molecule has 0 aliphatic rings. The smallest absolute Gasteiger partial charge is 0.247 e. The molecule has 2 N–H and O–H groups in total. The molecule has 4 nitrogen and oxygen atoms in total. The van der Waals surface area contributed by atoms with Crippen LogP contribution in [0.3, 0.4) is 0 Å². The maximum absolute atomic E-state index is 12.7. The molecule has 0 saturated heterocycles. The zero-order valence-electron chi connectivity index (χ0n) is 15.8. The quantitative estimate of drug-likeness (QED) is 0.763. The largest absolute Gasteiger partial charge is 0.354 e. The molecule has 0 aliphatic heterocycles. The highest BCUT2D eigenvalue weighted by Gasteiger charge is 2.22. The molecule has 0 heterocycles. The van der Waals surface area contributed by atoms with E-state index in [1.807, 2.05) is 56.3 Å². The van der Waals surface area contributed by atoms with Gasteiger partial charge < -0.3 is 10.6 Å². The van der Waals surface area contributed by atoms with Crippen LogP contribution in [0.15, 0.2) is 54.6 Å². The Bertz CT molecular complexity index is 726. The molecule has 2 aromatic rings. The van der Waals surface area contributed by atoms with Crippen molar-refractivity contribution < 1.29 is 9.59 Å². The summed E-state index contributed by atoms with van der Waals surface area (Å²) in [6, 6.07) is 16.8. The molecule has 4 heteroatoms. The van der Waals surface area contributed by atoms with Crippen molar-refractivity contribution in [2.24, 2.45) is 5.92 Å². The highest BCUT2D eigenvalue weighted by molar-refractivity contribution is 5.88. The topological polar surface area (TPSA) is 58.2 Å². The maximum atomic E-state index is 12.7. The van der Waals surface area contributed by atoms with E-state index < -0.39 is 6.04 Å². The van der Waals surface area contributed by atoms with E-state index in [0.29, 0.717) is 13.0 Å². The summed E-state index contributed by atoms with van der Waals surface area (Å²) in [6.07, 6.45) is 1.17. The predicted octanol–water partition coefficient (Wildman–Crippen LogP) is 3.56. The van der Waals surface area contributed by atoms with Crippen LogP contribution in [0.2, 0.25) is 0 Å². The summed E-state index contributed by atoms with van der Waals surface area (Å²) in [7, 11) is 0. The lowest BCUT2D eigenvalue weighted by molar-refractivity contribution is -0.129. The number of hydrogen-bond acceptors (Lipinski definition) is 2. The van der Waals surface area contributed by atoms with Gasteiger partial charge in [0.15, 0.2) is 0 Å². The molecule has 1 unspecified atom stereocenters. The van der Waals surface area contributed by atoms with Crippen LogP contribution >= 0.6 is 0 Å². The molecule has 2 amide bonds. The second kappa shape index (κ2) is 9.76. The third kappa shape index (κ3) is 6.03. The Balaban J connectivity index is 2.01. The molecule has 2 aromatic carbocycles. The Labute approximate surface area is 156 Å². The zero-order valence-corrected chi connectivity index (χ0v) is 15.8. The van der Waals surface area contributed by atoms with E-state index in [1.54, 1.807) is 0 Å². The zero-order chi connectivity index (χ0) is 18.9. The van der Waals surface area contributed by atoms with Gasteiger partial charge in [0, 0.05) is 13.0 Å². The van der Waals surface area contributed by atoms with Crippen LogP contribution in [0.4, 0.5) is 0 Å². The first kappa shape index (κ1) is 19.7. The van der Waals surface area contributed by atoms with E-state index in [4.69, 9.17) is 0 Å². The molecule has 138 valence electrons. The minimum absolute atomic E-state index is 0.108. The normalized spacial score (nSPS) is 11.8. The van der Waals surface area contributed by atoms with Crippen LogP contribution < -0.4 is 10.6 Å². The predicted molar refractivity (Wildman–Crippen MR) is 105 cm³/mol. The Morgan fingerprint density at radius 2 is 1.62 bits per heavy atom. The van der Waals surface area contributed by atoms with Crippen LogP contribution in [0, 0.1) is 12.8 Å². The van der Waals surface area contributed by atoms with Gasteiger partial charge in [-0.1, -0.05) is 68.4 Å². The van der Waals surface area contributed by atoms with Gasteiger partial charge in [-0.2, -0.15) is 0 Å². The molecular formula is C22H28N2O2. The summed E-state index contributed by atoms with van der Waals surface area (Å²) in [6.45, 7) is 6.57. The van der Waals surface area contributed by atoms with Crippen molar-refractivity contribution in [2.45, 2.75) is 39.7 Å². The Kier molecular flexibility index (Phi) is 7.39. The number of carbonyl (C=O) groups excluding carboxylic acids is 2. The number of rotatable bonds is 8. The van der Waals surface area contributed by atoms with Gasteiger partial charge in [0.2, 0.25) is 11.8 Å². The van der Waals surface area contributed by atoms with Crippen molar-refractivity contribution in [3.63, 3.8) is 0 Å². The van der Waals surface area contributed by atoms with Crippen LogP contribution in [0.5, 0.6) is 0 Å². The van der Waals surface area contributed by atoms with Gasteiger partial charge in [0.1, 0.15) is 6.04 Å². The Hall–Kier alpha value is -2.62. The summed E-state index contributed by atoms with van der Waals surface area (Å²) < 4.78 is 0. The van der Waals surface area contributed by atoms with Gasteiger partial charge in [-0.25, -0.2) is 0 Å². The standard InChI is InChI=1S/C22H28N2O2/c1-16(2)15-20(25)24-21(19-11-5-4-6-12-19)22(26)23-14-13-18-10-8-7-9-17(18)3/h4-12,16,21H,13-15H2,1-3H3,(H,23,26)(H,24,25). The Morgan fingerprint density at radius 3 is 2.27 bits per heavy atom. The fourth-order valence-electron chi connectivity index (χ4n) is 2.85. The van der Waals surface area contributed by atoms with Gasteiger partial charge >= 0.3 is 0 Å². The van der Waals surface area contributed by atoms with Crippen molar-refractivity contribution in [1.29, 1.82) is 0 Å². The molecule has 0 spiro atoms. The van der Waals surface area contributed by atoms with Crippen LogP contribution in [-0.2, 0) is 16.0 Å². The number of hydrogen-bond donors (Lipinski definition) is 2. The minimum atomic E-state index is -0.667. The first-order valence-corrected chi connectivity index (χ1v) is 9.14. The molecule has 0 aliphatic carbocycles. The summed E-state index contributed by atoms with van der Waals surface area (Å²) in [5, 5.41) is 5.84. The fraction of sp³-hybridized carbons (Fsp3) is 0.364. The summed E-state index contributed by atoms with van der Waals surface area (Å²) in [4.78, 5) is 24.9. The Morgan fingerprint density at radius 1 is 0.962 bits per heavy atom. The second-order valence-electron chi connectivity index (χ2n) is 6.98. The lowest BCUT2D eigenvalue weighted by atomic mass is 10.0. The van der Waals surface area contributed by atoms with Gasteiger partial charge in [0.25, 0.3) is 0 Å². The van der Waals surface area contributed by atoms with Crippen LogP contribution in [-0.4, -0.2) is 18.4 Å². The number of carbonyl (C=O) groups is 2. The molecule has 0 aromatic heterocycles. The van der Waals surface area contributed by atoms with Crippen LogP contribution in [0.25, 0.3) is 0 Å². The molecule has 1 atom stereocenters. The van der Waals surface area contributed by atoms with Crippen molar-refractivity contribution in [2.75, 3.05) is 6.54 Å². The van der Waals surface area contributed by atoms with Gasteiger partial charge in [0.05, 0.1) is 0 Å². The highest BCUT2D eigenvalue weighted by Crippen LogP contribution is 2.14. The van der Waals surface area contributed by atoms with Crippen molar-refractivity contribution in [3.05, 3.63) is 71.3 Å². The van der Waals surface area contributed by atoms with Crippen molar-refractivity contribution in [3.8, 4) is 0 Å². The first-order chi connectivity index (χ1) is 12.5. The van der Waals surface area contributed by atoms with Crippen molar-refractivity contribution >= 4 is 11.8 Å². The molecule has 0 bridgehead atoms. The van der Waals surface area contributed by atoms with E-state index >= 15 is 0 Å². The van der Waals surface area contributed by atoms with E-state index in [1.165, 1.54) is 11.1 Å². The fourth-order valence-corrected chi connectivity index (χ4v) is 2.85. The van der Waals surface area contributed by atoms with Gasteiger partial charge in [-0.3, -0.25) is 9.59 Å². The monoisotopic (exact) mass is 352 g/mol. The SMILES string of the molecule is Cc1ccccc1CCNC(=O)C(NC(=O)CC(C)C)c1ccccc1. The molecule has 0 fully saturated rings. The second-order valence-corrected chi connectivity index (χ2v) is 6.98. The summed E-state index contributed by atoms with van der Waals surface area (Å²) in [5.74, 6) is -0.0414. The first-order valence-electron chi connectivity index (χ1n) is 9.14. The van der Waals surface area contributed by atoms with E-state index in [2.05, 4.69) is 29.7 Å². The van der Waals surface area contributed by atoms with Crippen molar-refractivity contribution in [1.82, 2.24) is 10.6 Å². The maximum Gasteiger partial charge on any atom is 0.247 e.